The van der Waals surface area contributed by atoms with Gasteiger partial charge < -0.3 is 14.2 Å². The Balaban J connectivity index is 0.743. The lowest BCUT2D eigenvalue weighted by atomic mass is 9.47. The average molecular weight is 946 g/mol. The second-order valence-electron chi connectivity index (χ2n) is 22.8. The van der Waals surface area contributed by atoms with Gasteiger partial charge in [0.25, 0.3) is 0 Å². The van der Waals surface area contributed by atoms with Crippen LogP contribution in [0.15, 0.2) is 77.3 Å². The number of benzene rings is 2. The number of esters is 1. The third-order valence-corrected chi connectivity index (χ3v) is 18.6. The van der Waals surface area contributed by atoms with E-state index in [4.69, 9.17) is 19.2 Å². The first kappa shape index (κ1) is 52.4. The van der Waals surface area contributed by atoms with Crippen LogP contribution in [0.2, 0.25) is 0 Å². The number of nitrogens with zero attached hydrogens (tertiary/aromatic N) is 1. The number of allylic oxidation sites excluding steroid dienone is 1. The van der Waals surface area contributed by atoms with Gasteiger partial charge >= 0.3 is 5.97 Å². The second-order valence-corrected chi connectivity index (χ2v) is 23.9. The van der Waals surface area contributed by atoms with Gasteiger partial charge in [0, 0.05) is 23.9 Å². The molecule has 7 rings (SSSR count). The lowest BCUT2D eigenvalue weighted by molar-refractivity contribution is -0.151. The van der Waals surface area contributed by atoms with Crippen LogP contribution in [-0.2, 0) is 9.53 Å². The number of hydrogen-bond acceptors (Lipinski definition) is 6. The highest BCUT2D eigenvalue weighted by Gasteiger charge is 2.59. The van der Waals surface area contributed by atoms with Crippen LogP contribution in [0.3, 0.4) is 0 Å². The number of carbonyl (C=O) groups is 1. The van der Waals surface area contributed by atoms with E-state index in [2.05, 4.69) is 96.1 Å². The molecule has 0 bridgehead atoms. The molecule has 0 amide bonds. The second kappa shape index (κ2) is 26.2. The smallest absolute Gasteiger partial charge is 0.306 e. The molecule has 0 saturated heterocycles. The molecular weight excluding hydrogens is 855 g/mol. The van der Waals surface area contributed by atoms with Gasteiger partial charge in [-0.15, -0.1) is 11.3 Å². The zero-order chi connectivity index (χ0) is 47.8. The topological polar surface area (TPSA) is 57.1 Å². The van der Waals surface area contributed by atoms with Crippen LogP contribution in [0, 0.1) is 46.3 Å². The van der Waals surface area contributed by atoms with Crippen molar-refractivity contribution in [3.05, 3.63) is 77.9 Å². The summed E-state index contributed by atoms with van der Waals surface area (Å²) in [7, 11) is 0. The molecule has 0 N–H and O–H groups in total. The molecule has 1 heterocycles. The van der Waals surface area contributed by atoms with E-state index >= 15 is 0 Å². The van der Waals surface area contributed by atoms with E-state index in [1.807, 2.05) is 18.3 Å². The zero-order valence-corrected chi connectivity index (χ0v) is 44.4. The maximum Gasteiger partial charge on any atom is 0.306 e. The molecule has 1 aromatic heterocycles. The molecule has 3 fully saturated rings. The molecule has 374 valence electrons. The molecule has 3 saturated carbocycles. The van der Waals surface area contributed by atoms with Crippen molar-refractivity contribution in [1.29, 1.82) is 0 Å². The monoisotopic (exact) mass is 946 g/mol. The van der Waals surface area contributed by atoms with Gasteiger partial charge in [-0.3, -0.25) is 4.79 Å². The Hall–Kier alpha value is -3.38. The standard InChI is InChI=1S/C62H91NO4S/c1-7-8-9-10-11-12-13-14-15-18-42-66-52-31-26-49(27-32-52)58-36-37-59(68-58)63-45-48-24-29-51(30-25-48)65-43-19-16-17-23-60(64)67-53-38-40-61(5)50(44-53)28-33-54-56-35-34-55(47(4)22-20-21-46(2)3)62(56,6)41-39-57(54)61/h24-32,36-37,45-47,53-57H,7-23,33-35,38-44H2,1-6H3/b63-45+/t47-,53?,54+,55-,56+,57+,61+,62-/m1/s1. The Labute approximate surface area is 418 Å². The van der Waals surface area contributed by atoms with Gasteiger partial charge in [0.05, 0.1) is 13.2 Å². The number of ether oxygens (including phenoxy) is 3. The summed E-state index contributed by atoms with van der Waals surface area (Å²) in [5.74, 6) is 6.88. The summed E-state index contributed by atoms with van der Waals surface area (Å²) in [6.45, 7) is 16.3. The van der Waals surface area contributed by atoms with E-state index in [0.717, 1.165) is 103 Å². The summed E-state index contributed by atoms with van der Waals surface area (Å²) in [5, 5.41) is 0.980. The lowest BCUT2D eigenvalue weighted by Gasteiger charge is -2.58. The van der Waals surface area contributed by atoms with Gasteiger partial charge in [-0.2, -0.15) is 0 Å². The number of rotatable bonds is 28. The molecule has 4 aliphatic rings. The van der Waals surface area contributed by atoms with Gasteiger partial charge in [0.1, 0.15) is 22.6 Å². The zero-order valence-electron chi connectivity index (χ0n) is 43.5. The molecule has 8 atom stereocenters. The molecule has 2 aromatic carbocycles. The van der Waals surface area contributed by atoms with E-state index < -0.39 is 0 Å². The normalized spacial score (nSPS) is 26.0. The van der Waals surface area contributed by atoms with Gasteiger partial charge in [0.15, 0.2) is 0 Å². The van der Waals surface area contributed by atoms with Crippen LogP contribution in [0.4, 0.5) is 5.00 Å². The molecule has 0 aliphatic heterocycles. The minimum atomic E-state index is -0.0215. The molecule has 68 heavy (non-hydrogen) atoms. The first-order chi connectivity index (χ1) is 33.1. The maximum atomic E-state index is 13.0. The van der Waals surface area contributed by atoms with Gasteiger partial charge in [-0.25, -0.2) is 4.99 Å². The highest BCUT2D eigenvalue weighted by Crippen LogP contribution is 2.67. The van der Waals surface area contributed by atoms with Crippen molar-refractivity contribution in [3.63, 3.8) is 0 Å². The highest BCUT2D eigenvalue weighted by molar-refractivity contribution is 7.19. The fourth-order valence-corrected chi connectivity index (χ4v) is 14.4. The SMILES string of the molecule is CCCCCCCCCCCCOc1ccc(-c2ccc(/N=C/c3ccc(OCCCCCC(=O)OC4CC[C@@]5(C)C(=CC[C@H]6[C@@H]7CC[C@H]([C@H](C)CCCC(C)C)[C@@]7(C)CC[C@@H]65)C4)cc3)s2)cc1. The van der Waals surface area contributed by atoms with Crippen LogP contribution < -0.4 is 9.47 Å². The van der Waals surface area contributed by atoms with Crippen LogP contribution in [0.25, 0.3) is 10.4 Å². The summed E-state index contributed by atoms with van der Waals surface area (Å²) in [6, 6.07) is 20.8. The predicted molar refractivity (Wildman–Crippen MR) is 288 cm³/mol. The van der Waals surface area contributed by atoms with Crippen LogP contribution in [-0.4, -0.2) is 31.5 Å². The summed E-state index contributed by atoms with van der Waals surface area (Å²) in [5.41, 5.74) is 4.64. The van der Waals surface area contributed by atoms with E-state index in [9.17, 15) is 4.79 Å². The Morgan fingerprint density at radius 3 is 2.07 bits per heavy atom. The van der Waals surface area contributed by atoms with Gasteiger partial charge in [-0.1, -0.05) is 130 Å². The van der Waals surface area contributed by atoms with Crippen molar-refractivity contribution in [2.45, 2.75) is 208 Å². The predicted octanol–water partition coefficient (Wildman–Crippen LogP) is 18.4. The summed E-state index contributed by atoms with van der Waals surface area (Å²) >= 11 is 1.69. The molecule has 0 radical (unpaired) electrons. The quantitative estimate of drug-likeness (QED) is 0.0315. The van der Waals surface area contributed by atoms with Crippen molar-refractivity contribution in [1.82, 2.24) is 0 Å². The first-order valence-corrected chi connectivity index (χ1v) is 28.9. The number of carbonyl (C=O) groups excluding carboxylic acids is 1. The maximum absolute atomic E-state index is 13.0. The Morgan fingerprint density at radius 1 is 0.721 bits per heavy atom. The molecule has 1 unspecified atom stereocenters. The van der Waals surface area contributed by atoms with Crippen LogP contribution >= 0.6 is 11.3 Å². The molecule has 4 aliphatic carbocycles. The highest BCUT2D eigenvalue weighted by atomic mass is 32.1. The molecule has 0 spiro atoms. The van der Waals surface area contributed by atoms with E-state index in [1.165, 1.54) is 126 Å². The summed E-state index contributed by atoms with van der Waals surface area (Å²) in [4.78, 5) is 19.0. The van der Waals surface area contributed by atoms with Gasteiger partial charge in [-0.05, 0) is 189 Å². The van der Waals surface area contributed by atoms with Crippen molar-refractivity contribution >= 4 is 28.5 Å². The lowest BCUT2D eigenvalue weighted by Crippen LogP contribution is -2.51. The van der Waals surface area contributed by atoms with Crippen LogP contribution in [0.1, 0.15) is 208 Å². The molecule has 5 nitrogen and oxygen atoms in total. The van der Waals surface area contributed by atoms with Crippen molar-refractivity contribution < 1.29 is 19.0 Å². The fourth-order valence-electron chi connectivity index (χ4n) is 13.6. The Morgan fingerprint density at radius 2 is 1.38 bits per heavy atom. The fraction of sp³-hybridized carbons (Fsp3) is 0.677. The Bertz CT molecular complexity index is 2020. The van der Waals surface area contributed by atoms with Crippen molar-refractivity contribution in [3.8, 4) is 21.9 Å². The number of unbranched alkanes of at least 4 members (excludes halogenated alkanes) is 11. The third-order valence-electron chi connectivity index (χ3n) is 17.6. The van der Waals surface area contributed by atoms with E-state index in [-0.39, 0.29) is 17.5 Å². The van der Waals surface area contributed by atoms with Gasteiger partial charge in [0.2, 0.25) is 0 Å². The van der Waals surface area contributed by atoms with E-state index in [1.54, 1.807) is 16.9 Å². The number of aliphatic imine (C=N–C) groups is 1. The van der Waals surface area contributed by atoms with Crippen molar-refractivity contribution in [2.24, 2.45) is 51.3 Å². The number of thiophene rings is 1. The first-order valence-electron chi connectivity index (χ1n) is 28.0. The van der Waals surface area contributed by atoms with Crippen LogP contribution in [0.5, 0.6) is 11.5 Å². The summed E-state index contributed by atoms with van der Waals surface area (Å²) in [6.07, 6.45) is 35.4. The molecular formula is C62H91NO4S. The molecule has 6 heteroatoms. The number of fused-ring (bicyclic) bond motifs is 5. The third kappa shape index (κ3) is 14.4. The molecule has 3 aromatic rings. The number of hydrogen-bond donors (Lipinski definition) is 0. The summed E-state index contributed by atoms with van der Waals surface area (Å²) < 4.78 is 18.3. The Kier molecular flexibility index (Phi) is 20.2. The van der Waals surface area contributed by atoms with Crippen molar-refractivity contribution in [2.75, 3.05) is 13.2 Å². The minimum Gasteiger partial charge on any atom is -0.494 e. The largest absolute Gasteiger partial charge is 0.494 e. The van der Waals surface area contributed by atoms with E-state index in [0.29, 0.717) is 18.4 Å². The minimum absolute atomic E-state index is 0.0215. The average Bonchev–Trinajstić information content (AvgIpc) is 3.96.